The van der Waals surface area contributed by atoms with Gasteiger partial charge in [0.15, 0.2) is 0 Å². The minimum Gasteiger partial charge on any atom is -0.146 e. The summed E-state index contributed by atoms with van der Waals surface area (Å²) >= 11 is 3.74. The highest BCUT2D eigenvalue weighted by Gasteiger charge is 1.80. The molecule has 0 aromatic rings. The van der Waals surface area contributed by atoms with Gasteiger partial charge in [0.2, 0.25) is 0 Å². The van der Waals surface area contributed by atoms with Crippen LogP contribution in [-0.2, 0) is 0 Å². The first-order valence-corrected chi connectivity index (χ1v) is 4.56. The first kappa shape index (κ1) is 7.70. The molecule has 0 fully saturated rings. The lowest BCUT2D eigenvalue weighted by atomic mass is 11.0. The van der Waals surface area contributed by atoms with Crippen molar-refractivity contribution in [3.05, 3.63) is 5.08 Å². The Morgan fingerprint density at radius 3 is 1.86 bits per heavy atom. The van der Waals surface area contributed by atoms with Crippen LogP contribution in [-0.4, -0.2) is 11.5 Å². The fourth-order valence-electron chi connectivity index (χ4n) is 0.184. The molecule has 0 aliphatic rings. The average molecular weight is 135 g/mol. The van der Waals surface area contributed by atoms with E-state index < -0.39 is 0 Å². The van der Waals surface area contributed by atoms with E-state index in [4.69, 9.17) is 0 Å². The Bertz CT molecular complexity index is 25.3. The minimum atomic E-state index is 1.20. The quantitative estimate of drug-likeness (QED) is 0.543. The van der Waals surface area contributed by atoms with Crippen LogP contribution in [0.15, 0.2) is 0 Å². The van der Waals surface area contributed by atoms with Crippen molar-refractivity contribution in [3.63, 3.8) is 0 Å². The monoisotopic (exact) mass is 135 g/mol. The maximum atomic E-state index is 2.19. The Balaban J connectivity index is 2.45. The summed E-state index contributed by atoms with van der Waals surface area (Å²) in [7, 11) is 0. The molecule has 0 saturated carbocycles. The summed E-state index contributed by atoms with van der Waals surface area (Å²) in [6.45, 7) is 4.33. The molecule has 43 valence electrons. The van der Waals surface area contributed by atoms with E-state index in [9.17, 15) is 0 Å². The molecule has 0 nitrogen and oxygen atoms in total. The van der Waals surface area contributed by atoms with Gasteiger partial charge in [0.25, 0.3) is 0 Å². The van der Waals surface area contributed by atoms with Gasteiger partial charge in [0.05, 0.1) is 5.08 Å². The highest BCUT2D eigenvalue weighted by Crippen LogP contribution is 2.16. The van der Waals surface area contributed by atoms with E-state index in [0.717, 1.165) is 0 Å². The smallest absolute Gasteiger partial charge is 0.0712 e. The van der Waals surface area contributed by atoms with E-state index in [2.05, 4.69) is 18.9 Å². The fraction of sp³-hybridized carbons (Fsp3) is 0.800. The fourth-order valence-corrected chi connectivity index (χ4v) is 1.66. The molecular formula is C5H11S2. The van der Waals surface area contributed by atoms with Crippen molar-refractivity contribution in [1.82, 2.24) is 0 Å². The van der Waals surface area contributed by atoms with Gasteiger partial charge in [-0.2, -0.15) is 0 Å². The molecular weight excluding hydrogens is 124 g/mol. The Labute approximate surface area is 54.4 Å². The number of hydrogen-bond acceptors (Lipinski definition) is 2. The molecule has 0 heterocycles. The van der Waals surface area contributed by atoms with Crippen molar-refractivity contribution in [2.24, 2.45) is 0 Å². The van der Waals surface area contributed by atoms with Crippen LogP contribution in [0.2, 0.25) is 0 Å². The molecule has 0 N–H and O–H groups in total. The van der Waals surface area contributed by atoms with E-state index in [1.165, 1.54) is 11.5 Å². The van der Waals surface area contributed by atoms with Crippen LogP contribution in [0.4, 0.5) is 0 Å². The molecule has 0 aromatic carbocycles. The molecule has 0 aliphatic heterocycles. The molecule has 0 unspecified atom stereocenters. The van der Waals surface area contributed by atoms with Gasteiger partial charge in [-0.1, -0.05) is 13.8 Å². The van der Waals surface area contributed by atoms with Gasteiger partial charge in [-0.3, -0.25) is 0 Å². The summed E-state index contributed by atoms with van der Waals surface area (Å²) in [4.78, 5) is 0. The highest BCUT2D eigenvalue weighted by molar-refractivity contribution is 8.19. The van der Waals surface area contributed by atoms with Crippen LogP contribution in [0.1, 0.15) is 13.8 Å². The van der Waals surface area contributed by atoms with Gasteiger partial charge in [0, 0.05) is 0 Å². The van der Waals surface area contributed by atoms with Crippen molar-refractivity contribution in [2.75, 3.05) is 11.5 Å². The van der Waals surface area contributed by atoms with Crippen LogP contribution < -0.4 is 0 Å². The maximum Gasteiger partial charge on any atom is 0.0712 e. The Morgan fingerprint density at radius 2 is 1.57 bits per heavy atom. The predicted octanol–water partition coefficient (Wildman–Crippen LogP) is 2.61. The van der Waals surface area contributed by atoms with Gasteiger partial charge in [-0.25, -0.2) is 0 Å². The lowest BCUT2D eigenvalue weighted by molar-refractivity contribution is 1.53. The molecule has 0 atom stereocenters. The highest BCUT2D eigenvalue weighted by atomic mass is 32.2. The van der Waals surface area contributed by atoms with E-state index in [1.807, 2.05) is 23.5 Å². The largest absolute Gasteiger partial charge is 0.146 e. The third-order valence-electron chi connectivity index (χ3n) is 0.469. The Morgan fingerprint density at radius 1 is 1.14 bits per heavy atom. The standard InChI is InChI=1S/C5H11S2/c1-3-6-5-7-4-2/h5H,3-4H2,1-2H3. The van der Waals surface area contributed by atoms with Crippen LogP contribution in [0.5, 0.6) is 0 Å². The zero-order valence-corrected chi connectivity index (χ0v) is 6.44. The zero-order chi connectivity index (χ0) is 5.54. The second kappa shape index (κ2) is 6.70. The lowest BCUT2D eigenvalue weighted by Gasteiger charge is -1.90. The summed E-state index contributed by atoms with van der Waals surface area (Å²) in [6, 6.07) is 0. The molecule has 2 heteroatoms. The Kier molecular flexibility index (Phi) is 7.37. The van der Waals surface area contributed by atoms with E-state index in [-0.39, 0.29) is 0 Å². The number of thioether (sulfide) groups is 2. The summed E-state index contributed by atoms with van der Waals surface area (Å²) in [5.41, 5.74) is 0. The van der Waals surface area contributed by atoms with Crippen molar-refractivity contribution in [1.29, 1.82) is 0 Å². The minimum absolute atomic E-state index is 1.20. The molecule has 0 aliphatic carbocycles. The van der Waals surface area contributed by atoms with Crippen LogP contribution in [0, 0.1) is 5.08 Å². The molecule has 0 amide bonds. The third-order valence-corrected chi connectivity index (χ3v) is 2.22. The second-order valence-corrected chi connectivity index (χ2v) is 3.60. The summed E-state index contributed by atoms with van der Waals surface area (Å²) < 4.78 is 0. The Hall–Kier alpha value is 0.700. The zero-order valence-electron chi connectivity index (χ0n) is 4.81. The molecule has 0 spiro atoms. The topological polar surface area (TPSA) is 0 Å². The van der Waals surface area contributed by atoms with Crippen molar-refractivity contribution < 1.29 is 0 Å². The normalized spacial score (nSPS) is 9.43. The van der Waals surface area contributed by atoms with Gasteiger partial charge in [-0.15, -0.1) is 23.5 Å². The van der Waals surface area contributed by atoms with E-state index in [1.54, 1.807) is 0 Å². The maximum absolute atomic E-state index is 2.19. The van der Waals surface area contributed by atoms with E-state index >= 15 is 0 Å². The summed E-state index contributed by atoms with van der Waals surface area (Å²) in [6.07, 6.45) is 0. The number of hydrogen-bond donors (Lipinski definition) is 0. The molecule has 7 heavy (non-hydrogen) atoms. The van der Waals surface area contributed by atoms with Gasteiger partial charge >= 0.3 is 0 Å². The summed E-state index contributed by atoms with van der Waals surface area (Å²) in [5.74, 6) is 2.40. The SMILES string of the molecule is CCS[CH]SCC. The molecule has 0 saturated heterocycles. The van der Waals surface area contributed by atoms with Gasteiger partial charge in [0.1, 0.15) is 0 Å². The lowest BCUT2D eigenvalue weighted by Crippen LogP contribution is -1.64. The summed E-state index contributed by atoms with van der Waals surface area (Å²) in [5, 5.41) is 2.19. The molecule has 0 rings (SSSR count). The van der Waals surface area contributed by atoms with E-state index in [0.29, 0.717) is 0 Å². The van der Waals surface area contributed by atoms with Crippen LogP contribution >= 0.6 is 23.5 Å². The van der Waals surface area contributed by atoms with Crippen molar-refractivity contribution in [3.8, 4) is 0 Å². The molecule has 0 bridgehead atoms. The second-order valence-electron chi connectivity index (χ2n) is 1.01. The van der Waals surface area contributed by atoms with Crippen LogP contribution in [0.25, 0.3) is 0 Å². The van der Waals surface area contributed by atoms with Crippen molar-refractivity contribution >= 4 is 23.5 Å². The first-order chi connectivity index (χ1) is 3.41. The molecule has 1 radical (unpaired) electrons. The van der Waals surface area contributed by atoms with Gasteiger partial charge in [-0.05, 0) is 11.5 Å². The predicted molar refractivity (Wildman–Crippen MR) is 40.6 cm³/mol. The van der Waals surface area contributed by atoms with Crippen molar-refractivity contribution in [2.45, 2.75) is 13.8 Å². The van der Waals surface area contributed by atoms with Crippen LogP contribution in [0.3, 0.4) is 0 Å². The first-order valence-electron chi connectivity index (χ1n) is 2.46. The molecule has 0 aromatic heterocycles. The van der Waals surface area contributed by atoms with Gasteiger partial charge < -0.3 is 0 Å². The third kappa shape index (κ3) is 6.70. The number of rotatable bonds is 4. The average Bonchev–Trinajstić information content (AvgIpc) is 1.69.